The Kier molecular flexibility index (Phi) is 6.84. The molecule has 6 nitrogen and oxygen atoms in total. The van der Waals surface area contributed by atoms with Crippen LogP contribution >= 0.6 is 0 Å². The van der Waals surface area contributed by atoms with Gasteiger partial charge in [-0.05, 0) is 31.9 Å². The van der Waals surface area contributed by atoms with Gasteiger partial charge < -0.3 is 16.3 Å². The Hall–Kier alpha value is -2.52. The Labute approximate surface area is 148 Å². The first-order valence-electron chi connectivity index (χ1n) is 8.58. The Bertz CT molecular complexity index is 680. The normalized spacial score (nSPS) is 19.4. The van der Waals surface area contributed by atoms with Gasteiger partial charge in [0.2, 0.25) is 0 Å². The predicted molar refractivity (Wildman–Crippen MR) is 95.8 cm³/mol. The number of likely N-dealkylation sites (N-methyl/N-ethyl adjacent to an activating group) is 1. The van der Waals surface area contributed by atoms with Gasteiger partial charge in [0.1, 0.15) is 0 Å². The molecule has 0 saturated carbocycles. The monoisotopic (exact) mass is 343 g/mol. The van der Waals surface area contributed by atoms with Gasteiger partial charge in [0.25, 0.3) is 0 Å². The largest absolute Gasteiger partial charge is 0.481 e. The maximum atomic E-state index is 12.7. The van der Waals surface area contributed by atoms with Crippen LogP contribution < -0.4 is 11.2 Å². The van der Waals surface area contributed by atoms with Gasteiger partial charge in [-0.25, -0.2) is 0 Å². The average molecular weight is 343 g/mol. The fourth-order valence-corrected chi connectivity index (χ4v) is 2.95. The van der Waals surface area contributed by atoms with E-state index in [2.05, 4.69) is 17.3 Å². The maximum absolute atomic E-state index is 12.7. The standard InChI is InChI=1S/C19H25N3O3/c1-22-16-12-14(6-4-2-3-5-10-20)13-17(23)19(16)15(9-11-21-22)7-8-18(24)25/h9,11-12,15,21H,2-3,5,7-8,10,13,20H2,1H3,(H,24,25). The number of hydrogen-bond donors (Lipinski definition) is 3. The van der Waals surface area contributed by atoms with Crippen LogP contribution in [-0.4, -0.2) is 35.5 Å². The Morgan fingerprint density at radius 2 is 2.28 bits per heavy atom. The van der Waals surface area contributed by atoms with Crippen molar-refractivity contribution in [2.45, 2.75) is 38.5 Å². The minimum atomic E-state index is -0.857. The molecule has 134 valence electrons. The lowest BCUT2D eigenvalue weighted by atomic mass is 9.84. The van der Waals surface area contributed by atoms with Gasteiger partial charge in [0.15, 0.2) is 5.78 Å². The van der Waals surface area contributed by atoms with Gasteiger partial charge in [-0.15, -0.1) is 0 Å². The Morgan fingerprint density at radius 1 is 1.48 bits per heavy atom. The van der Waals surface area contributed by atoms with Crippen LogP contribution in [0.4, 0.5) is 0 Å². The van der Waals surface area contributed by atoms with Crippen LogP contribution in [0.2, 0.25) is 0 Å². The number of ketones is 1. The van der Waals surface area contributed by atoms with E-state index < -0.39 is 5.97 Å². The number of carbonyl (C=O) groups is 2. The van der Waals surface area contributed by atoms with E-state index in [1.807, 2.05) is 19.2 Å². The van der Waals surface area contributed by atoms with E-state index in [0.29, 0.717) is 18.5 Å². The zero-order valence-electron chi connectivity index (χ0n) is 14.5. The van der Waals surface area contributed by atoms with E-state index in [-0.39, 0.29) is 24.5 Å². The molecule has 0 aromatic carbocycles. The summed E-state index contributed by atoms with van der Waals surface area (Å²) in [6.07, 6.45) is 8.92. The van der Waals surface area contributed by atoms with Crippen molar-refractivity contribution < 1.29 is 14.7 Å². The molecule has 1 heterocycles. The van der Waals surface area contributed by atoms with Crippen LogP contribution in [0, 0.1) is 17.8 Å². The van der Waals surface area contributed by atoms with Crippen molar-refractivity contribution in [3.8, 4) is 11.8 Å². The number of allylic oxidation sites excluding steroid dienone is 4. The first kappa shape index (κ1) is 18.8. The first-order valence-corrected chi connectivity index (χ1v) is 8.58. The summed E-state index contributed by atoms with van der Waals surface area (Å²) in [5, 5.41) is 10.7. The van der Waals surface area contributed by atoms with Crippen LogP contribution in [-0.2, 0) is 9.59 Å². The molecule has 0 spiro atoms. The molecule has 0 aromatic heterocycles. The molecule has 1 aliphatic carbocycles. The molecular formula is C19H25N3O3. The van der Waals surface area contributed by atoms with Crippen molar-refractivity contribution in [1.82, 2.24) is 10.4 Å². The summed E-state index contributed by atoms with van der Waals surface area (Å²) in [5.74, 6) is 5.16. The second kappa shape index (κ2) is 9.09. The van der Waals surface area contributed by atoms with Crippen LogP contribution in [0.1, 0.15) is 38.5 Å². The molecule has 0 bridgehead atoms. The highest BCUT2D eigenvalue weighted by atomic mass is 16.4. The maximum Gasteiger partial charge on any atom is 0.303 e. The number of aliphatic carboxylic acids is 1. The van der Waals surface area contributed by atoms with Crippen LogP contribution in [0.5, 0.6) is 0 Å². The minimum Gasteiger partial charge on any atom is -0.481 e. The fraction of sp³-hybridized carbons (Fsp3) is 0.474. The summed E-state index contributed by atoms with van der Waals surface area (Å²) in [7, 11) is 1.83. The zero-order valence-corrected chi connectivity index (χ0v) is 14.5. The van der Waals surface area contributed by atoms with Crippen molar-refractivity contribution in [2.24, 2.45) is 11.7 Å². The van der Waals surface area contributed by atoms with Crippen LogP contribution in [0.25, 0.3) is 0 Å². The number of hydrogen-bond acceptors (Lipinski definition) is 5. The predicted octanol–water partition coefficient (Wildman–Crippen LogP) is 1.72. The van der Waals surface area contributed by atoms with E-state index >= 15 is 0 Å². The molecule has 6 heteroatoms. The SMILES string of the molecule is CN1NC=CC(CCC(=O)O)C2=C1C=C(C#CCCCCN)CC2=O. The molecule has 4 N–H and O–H groups in total. The third-order valence-corrected chi connectivity index (χ3v) is 4.24. The van der Waals surface area contributed by atoms with Crippen LogP contribution in [0.15, 0.2) is 35.2 Å². The highest BCUT2D eigenvalue weighted by Gasteiger charge is 2.29. The van der Waals surface area contributed by atoms with Crippen molar-refractivity contribution >= 4 is 11.8 Å². The quantitative estimate of drug-likeness (QED) is 0.502. The molecule has 1 atom stereocenters. The van der Waals surface area contributed by atoms with Crippen molar-refractivity contribution in [3.63, 3.8) is 0 Å². The number of nitrogens with two attached hydrogens (primary N) is 1. The van der Waals surface area contributed by atoms with E-state index in [9.17, 15) is 9.59 Å². The second-order valence-corrected chi connectivity index (χ2v) is 6.20. The molecular weight excluding hydrogens is 318 g/mol. The van der Waals surface area contributed by atoms with E-state index in [0.717, 1.165) is 30.5 Å². The molecule has 25 heavy (non-hydrogen) atoms. The molecule has 0 fully saturated rings. The Balaban J connectivity index is 2.23. The summed E-state index contributed by atoms with van der Waals surface area (Å²) < 4.78 is 0. The molecule has 2 rings (SSSR count). The van der Waals surface area contributed by atoms with E-state index in [1.165, 1.54) is 0 Å². The van der Waals surface area contributed by atoms with Gasteiger partial charge in [-0.3, -0.25) is 14.6 Å². The zero-order chi connectivity index (χ0) is 18.2. The number of Topliss-reactive ketones (excluding diaryl/α,β-unsaturated/α-hetero) is 1. The molecule has 0 amide bonds. The summed E-state index contributed by atoms with van der Waals surface area (Å²) in [6.45, 7) is 0.667. The average Bonchev–Trinajstić information content (AvgIpc) is 2.72. The second-order valence-electron chi connectivity index (χ2n) is 6.20. The number of carbonyl (C=O) groups excluding carboxylic acids is 1. The highest BCUT2D eigenvalue weighted by molar-refractivity contribution is 6.01. The first-order chi connectivity index (χ1) is 12.0. The number of hydrazine groups is 1. The molecule has 2 aliphatic rings. The van der Waals surface area contributed by atoms with Gasteiger partial charge >= 0.3 is 5.97 Å². The molecule has 0 radical (unpaired) electrons. The Morgan fingerprint density at radius 3 is 3.00 bits per heavy atom. The number of unbranched alkanes of at least 4 members (excludes halogenated alkanes) is 2. The summed E-state index contributed by atoms with van der Waals surface area (Å²) in [6, 6.07) is 0. The van der Waals surface area contributed by atoms with E-state index in [1.54, 1.807) is 11.2 Å². The van der Waals surface area contributed by atoms with Crippen molar-refractivity contribution in [2.75, 3.05) is 13.6 Å². The lowest BCUT2D eigenvalue weighted by Crippen LogP contribution is -2.31. The van der Waals surface area contributed by atoms with Gasteiger partial charge in [0.05, 0.1) is 5.70 Å². The minimum absolute atomic E-state index is 0.0133. The number of carboxylic acids is 1. The molecule has 0 saturated heterocycles. The van der Waals surface area contributed by atoms with Gasteiger partial charge in [-0.2, -0.15) is 0 Å². The topological polar surface area (TPSA) is 95.7 Å². The van der Waals surface area contributed by atoms with E-state index in [4.69, 9.17) is 10.8 Å². The number of nitrogens with zero attached hydrogens (tertiary/aromatic N) is 1. The van der Waals surface area contributed by atoms with Gasteiger partial charge in [0, 0.05) is 49.6 Å². The smallest absolute Gasteiger partial charge is 0.303 e. The third kappa shape index (κ3) is 5.23. The van der Waals surface area contributed by atoms with Crippen molar-refractivity contribution in [1.29, 1.82) is 0 Å². The van der Waals surface area contributed by atoms with Crippen molar-refractivity contribution in [3.05, 3.63) is 35.2 Å². The lowest BCUT2D eigenvalue weighted by Gasteiger charge is -2.26. The number of carboxylic acid groups (broad SMARTS) is 1. The fourth-order valence-electron chi connectivity index (χ4n) is 2.95. The lowest BCUT2D eigenvalue weighted by molar-refractivity contribution is -0.137. The van der Waals surface area contributed by atoms with Crippen LogP contribution in [0.3, 0.4) is 0 Å². The number of nitrogens with one attached hydrogen (secondary N) is 1. The molecule has 0 aromatic rings. The van der Waals surface area contributed by atoms with Gasteiger partial charge in [-0.1, -0.05) is 17.9 Å². The molecule has 1 unspecified atom stereocenters. The summed E-state index contributed by atoms with van der Waals surface area (Å²) in [4.78, 5) is 23.6. The third-order valence-electron chi connectivity index (χ3n) is 4.24. The molecule has 1 aliphatic heterocycles. The number of rotatable bonds is 6. The summed E-state index contributed by atoms with van der Waals surface area (Å²) in [5.41, 5.74) is 10.8. The summed E-state index contributed by atoms with van der Waals surface area (Å²) >= 11 is 0. The highest BCUT2D eigenvalue weighted by Crippen LogP contribution is 2.32.